The molecule has 19 heavy (non-hydrogen) atoms. The molecule has 0 spiro atoms. The van der Waals surface area contributed by atoms with Crippen LogP contribution in [0.15, 0.2) is 30.6 Å². The van der Waals surface area contributed by atoms with E-state index in [4.69, 9.17) is 0 Å². The maximum absolute atomic E-state index is 11.9. The number of nitro groups is 1. The van der Waals surface area contributed by atoms with Crippen LogP contribution in [0.4, 0.5) is 17.1 Å². The molecule has 0 aliphatic rings. The van der Waals surface area contributed by atoms with Crippen LogP contribution in [0.5, 0.6) is 0 Å². The third-order valence-electron chi connectivity index (χ3n) is 2.48. The molecule has 98 valence electrons. The van der Waals surface area contributed by atoms with E-state index in [0.29, 0.717) is 11.3 Å². The van der Waals surface area contributed by atoms with Crippen LogP contribution in [0.25, 0.3) is 0 Å². The van der Waals surface area contributed by atoms with Gasteiger partial charge in [0.25, 0.3) is 11.6 Å². The number of nitrogens with zero attached hydrogens (tertiary/aromatic N) is 2. The molecule has 8 heteroatoms. The van der Waals surface area contributed by atoms with Gasteiger partial charge in [-0.3, -0.25) is 20.0 Å². The summed E-state index contributed by atoms with van der Waals surface area (Å²) in [5.74, 6) is -0.368. The van der Waals surface area contributed by atoms with Crippen LogP contribution >= 0.6 is 0 Å². The van der Waals surface area contributed by atoms with Crippen molar-refractivity contribution < 1.29 is 9.72 Å². The van der Waals surface area contributed by atoms with Crippen LogP contribution < -0.4 is 10.6 Å². The minimum absolute atomic E-state index is 0.0811. The first kappa shape index (κ1) is 12.6. The first-order chi connectivity index (χ1) is 9.11. The van der Waals surface area contributed by atoms with Gasteiger partial charge in [-0.15, -0.1) is 0 Å². The Hall–Kier alpha value is -2.90. The fourth-order valence-electron chi connectivity index (χ4n) is 1.56. The van der Waals surface area contributed by atoms with Gasteiger partial charge in [0.05, 0.1) is 16.8 Å². The molecule has 0 aliphatic carbocycles. The van der Waals surface area contributed by atoms with Gasteiger partial charge < -0.3 is 10.6 Å². The maximum Gasteiger partial charge on any atom is 0.292 e. The highest BCUT2D eigenvalue weighted by Crippen LogP contribution is 2.25. The number of hydrogen-bond donors (Lipinski definition) is 3. The highest BCUT2D eigenvalue weighted by Gasteiger charge is 2.16. The number of aromatic nitrogens is 2. The van der Waals surface area contributed by atoms with Gasteiger partial charge in [-0.2, -0.15) is 5.10 Å². The molecule has 1 amide bonds. The van der Waals surface area contributed by atoms with Crippen molar-refractivity contribution >= 4 is 23.0 Å². The monoisotopic (exact) mass is 261 g/mol. The van der Waals surface area contributed by atoms with Gasteiger partial charge >= 0.3 is 0 Å². The topological polar surface area (TPSA) is 113 Å². The first-order valence-corrected chi connectivity index (χ1v) is 5.38. The van der Waals surface area contributed by atoms with Gasteiger partial charge in [0, 0.05) is 24.9 Å². The van der Waals surface area contributed by atoms with Crippen LogP contribution in [0.1, 0.15) is 10.4 Å². The maximum atomic E-state index is 11.9. The summed E-state index contributed by atoms with van der Waals surface area (Å²) in [4.78, 5) is 22.2. The number of nitrogens with one attached hydrogen (secondary N) is 3. The summed E-state index contributed by atoms with van der Waals surface area (Å²) >= 11 is 0. The van der Waals surface area contributed by atoms with Crippen LogP contribution in [0.3, 0.4) is 0 Å². The molecule has 0 saturated heterocycles. The second-order valence-corrected chi connectivity index (χ2v) is 3.68. The van der Waals surface area contributed by atoms with Crippen molar-refractivity contribution in [3.8, 4) is 0 Å². The average Bonchev–Trinajstić information content (AvgIpc) is 2.90. The zero-order chi connectivity index (χ0) is 13.8. The van der Waals surface area contributed by atoms with Crippen LogP contribution in [0, 0.1) is 10.1 Å². The molecule has 0 bridgehead atoms. The molecule has 2 rings (SSSR count). The van der Waals surface area contributed by atoms with Crippen molar-refractivity contribution in [3.05, 3.63) is 46.3 Å². The Bertz CT molecular complexity index is 609. The number of aromatic amines is 1. The van der Waals surface area contributed by atoms with E-state index >= 15 is 0 Å². The Kier molecular flexibility index (Phi) is 3.42. The number of amides is 1. The minimum atomic E-state index is -0.510. The Labute approximate surface area is 108 Å². The zero-order valence-corrected chi connectivity index (χ0v) is 10.0. The summed E-state index contributed by atoms with van der Waals surface area (Å²) in [5, 5.41) is 22.3. The molecule has 8 nitrogen and oxygen atoms in total. The molecule has 1 aromatic carbocycles. The molecule has 1 heterocycles. The van der Waals surface area contributed by atoms with Crippen LogP contribution in [-0.4, -0.2) is 28.1 Å². The molecule has 0 atom stereocenters. The largest absolute Gasteiger partial charge is 0.383 e. The lowest BCUT2D eigenvalue weighted by molar-refractivity contribution is -0.383. The Morgan fingerprint density at radius 1 is 1.47 bits per heavy atom. The number of anilines is 2. The van der Waals surface area contributed by atoms with Crippen LogP contribution in [-0.2, 0) is 0 Å². The van der Waals surface area contributed by atoms with Gasteiger partial charge in [0.15, 0.2) is 0 Å². The lowest BCUT2D eigenvalue weighted by atomic mass is 10.1. The van der Waals surface area contributed by atoms with Crippen molar-refractivity contribution in [2.24, 2.45) is 0 Å². The second-order valence-electron chi connectivity index (χ2n) is 3.68. The molecule has 2 aromatic rings. The SMILES string of the molecule is CNc1cc(C(=O)Nc2cn[nH]c2)ccc1[N+](=O)[O-]. The second kappa shape index (κ2) is 5.17. The van der Waals surface area contributed by atoms with Crippen molar-refractivity contribution in [2.45, 2.75) is 0 Å². The molecule has 0 fully saturated rings. The summed E-state index contributed by atoms with van der Waals surface area (Å²) in [5.41, 5.74) is 1.04. The highest BCUT2D eigenvalue weighted by atomic mass is 16.6. The fraction of sp³-hybridized carbons (Fsp3) is 0.0909. The Balaban J connectivity index is 2.25. The fourth-order valence-corrected chi connectivity index (χ4v) is 1.56. The van der Waals surface area contributed by atoms with E-state index in [2.05, 4.69) is 20.8 Å². The number of hydrogen-bond acceptors (Lipinski definition) is 5. The van der Waals surface area contributed by atoms with E-state index in [-0.39, 0.29) is 17.3 Å². The molecule has 0 aliphatic heterocycles. The molecule has 1 aromatic heterocycles. The van der Waals surface area contributed by atoms with E-state index < -0.39 is 4.92 Å². The van der Waals surface area contributed by atoms with Gasteiger partial charge in [0.1, 0.15) is 5.69 Å². The summed E-state index contributed by atoms with van der Waals surface area (Å²) in [6, 6.07) is 4.11. The predicted octanol–water partition coefficient (Wildman–Crippen LogP) is 1.61. The third kappa shape index (κ3) is 2.68. The molecule has 0 radical (unpaired) electrons. The zero-order valence-electron chi connectivity index (χ0n) is 10.0. The third-order valence-corrected chi connectivity index (χ3v) is 2.48. The summed E-state index contributed by atoms with van der Waals surface area (Å²) in [7, 11) is 1.56. The normalized spacial score (nSPS) is 9.95. The quantitative estimate of drug-likeness (QED) is 0.571. The van der Waals surface area contributed by atoms with Gasteiger partial charge in [-0.25, -0.2) is 0 Å². The summed E-state index contributed by atoms with van der Waals surface area (Å²) in [6.07, 6.45) is 2.99. The van der Waals surface area contributed by atoms with Gasteiger partial charge in [-0.05, 0) is 12.1 Å². The van der Waals surface area contributed by atoms with Crippen molar-refractivity contribution in [1.82, 2.24) is 10.2 Å². The van der Waals surface area contributed by atoms with Gasteiger partial charge in [-0.1, -0.05) is 0 Å². The Morgan fingerprint density at radius 3 is 2.84 bits per heavy atom. The standard InChI is InChI=1S/C11H11N5O3/c1-12-9-4-7(2-3-10(9)16(18)19)11(17)15-8-5-13-14-6-8/h2-6,12H,1H3,(H,13,14)(H,15,17). The van der Waals surface area contributed by atoms with E-state index in [1.807, 2.05) is 0 Å². The molecule has 3 N–H and O–H groups in total. The van der Waals surface area contributed by atoms with E-state index in [1.54, 1.807) is 7.05 Å². The number of benzene rings is 1. The lowest BCUT2D eigenvalue weighted by Crippen LogP contribution is -2.12. The van der Waals surface area contributed by atoms with E-state index in [1.165, 1.54) is 30.6 Å². The summed E-state index contributed by atoms with van der Waals surface area (Å²) in [6.45, 7) is 0. The first-order valence-electron chi connectivity index (χ1n) is 5.38. The van der Waals surface area contributed by atoms with Crippen molar-refractivity contribution in [3.63, 3.8) is 0 Å². The van der Waals surface area contributed by atoms with Crippen LogP contribution in [0.2, 0.25) is 0 Å². The smallest absolute Gasteiger partial charge is 0.292 e. The molecule has 0 saturated carbocycles. The number of rotatable bonds is 4. The van der Waals surface area contributed by atoms with Gasteiger partial charge in [0.2, 0.25) is 0 Å². The number of carbonyl (C=O) groups excluding carboxylic acids is 1. The molecular formula is C11H11N5O3. The van der Waals surface area contributed by atoms with E-state index in [0.717, 1.165) is 0 Å². The number of H-pyrrole nitrogens is 1. The molecule has 0 unspecified atom stereocenters. The highest BCUT2D eigenvalue weighted by molar-refractivity contribution is 6.05. The average molecular weight is 261 g/mol. The van der Waals surface area contributed by atoms with Crippen molar-refractivity contribution in [2.75, 3.05) is 17.7 Å². The minimum Gasteiger partial charge on any atom is -0.383 e. The Morgan fingerprint density at radius 2 is 2.26 bits per heavy atom. The summed E-state index contributed by atoms with van der Waals surface area (Å²) < 4.78 is 0. The van der Waals surface area contributed by atoms with Crippen molar-refractivity contribution in [1.29, 1.82) is 0 Å². The molecular weight excluding hydrogens is 250 g/mol. The predicted molar refractivity (Wildman–Crippen MR) is 69.2 cm³/mol. The number of nitro benzene ring substituents is 1. The lowest BCUT2D eigenvalue weighted by Gasteiger charge is -2.06. The number of carbonyl (C=O) groups is 1. The van der Waals surface area contributed by atoms with E-state index in [9.17, 15) is 14.9 Å².